The zero-order valence-corrected chi connectivity index (χ0v) is 9.56. The number of amides is 1. The van der Waals surface area contributed by atoms with Crippen molar-refractivity contribution in [1.29, 1.82) is 0 Å². The van der Waals surface area contributed by atoms with E-state index in [-0.39, 0.29) is 12.2 Å². The fraction of sp³-hybridized carbons (Fsp3) is 0.429. The Kier molecular flexibility index (Phi) is 5.73. The van der Waals surface area contributed by atoms with E-state index in [1.54, 1.807) is 5.48 Å². The van der Waals surface area contributed by atoms with Crippen LogP contribution in [0.2, 0.25) is 0 Å². The lowest BCUT2D eigenvalue weighted by Crippen LogP contribution is -2.23. The molecule has 0 fully saturated rings. The van der Waals surface area contributed by atoms with Gasteiger partial charge in [0.15, 0.2) is 0 Å². The maximum Gasteiger partial charge on any atom is 0.431 e. The molecule has 0 rings (SSSR count). The number of hydroxylamine groups is 1. The molecule has 0 saturated carbocycles. The number of hydrogen-bond acceptors (Lipinski definition) is 5. The Morgan fingerprint density at radius 1 is 1.50 bits per heavy atom. The molecule has 0 saturated heterocycles. The first-order valence-electron chi connectivity index (χ1n) is 4.15. The third kappa shape index (κ3) is 6.18. The third-order valence-corrected chi connectivity index (χ3v) is 2.30. The van der Waals surface area contributed by atoms with Gasteiger partial charge >= 0.3 is 19.7 Å². The monoisotopic (exact) mass is 253 g/mol. The molecule has 0 aromatic carbocycles. The Balaban J connectivity index is 4.37. The van der Waals surface area contributed by atoms with Crippen molar-refractivity contribution in [2.24, 2.45) is 0 Å². The van der Waals surface area contributed by atoms with Crippen molar-refractivity contribution in [2.75, 3.05) is 6.61 Å². The first kappa shape index (κ1) is 14.6. The van der Waals surface area contributed by atoms with Crippen LogP contribution in [0.3, 0.4) is 0 Å². The molecule has 0 aromatic heterocycles. The van der Waals surface area contributed by atoms with Crippen LogP contribution in [-0.2, 0) is 18.7 Å². The van der Waals surface area contributed by atoms with E-state index in [4.69, 9.17) is 10.00 Å². The van der Waals surface area contributed by atoms with E-state index in [0.717, 1.165) is 6.92 Å². The molecule has 0 spiro atoms. The van der Waals surface area contributed by atoms with E-state index in [9.17, 15) is 14.2 Å². The van der Waals surface area contributed by atoms with Crippen LogP contribution in [0, 0.1) is 0 Å². The number of carbonyl (C=O) groups is 2. The zero-order valence-electron chi connectivity index (χ0n) is 8.67. The molecule has 0 bridgehead atoms. The first-order valence-corrected chi connectivity index (χ1v) is 5.79. The van der Waals surface area contributed by atoms with Crippen molar-refractivity contribution < 1.29 is 33.5 Å². The first-order chi connectivity index (χ1) is 7.28. The Morgan fingerprint density at radius 2 is 2.06 bits per heavy atom. The quantitative estimate of drug-likeness (QED) is 0.377. The Labute approximate surface area is 91.3 Å². The number of nitrogens with one attached hydrogen (secondary N) is 1. The van der Waals surface area contributed by atoms with Crippen LogP contribution >= 0.6 is 7.60 Å². The van der Waals surface area contributed by atoms with Gasteiger partial charge in [-0.1, -0.05) is 0 Å². The fourth-order valence-electron chi connectivity index (χ4n) is 0.590. The highest BCUT2D eigenvalue weighted by atomic mass is 31.2. The number of carbonyl (C=O) groups excluding carboxylic acids is 1. The van der Waals surface area contributed by atoms with Gasteiger partial charge in [-0.3, -0.25) is 4.57 Å². The molecule has 0 aromatic rings. The summed E-state index contributed by atoms with van der Waals surface area (Å²) in [5.74, 6) is -0.865. The predicted octanol–water partition coefficient (Wildman–Crippen LogP) is 0.838. The van der Waals surface area contributed by atoms with Crippen LogP contribution in [0.5, 0.6) is 0 Å². The molecule has 0 radical (unpaired) electrons. The lowest BCUT2D eigenvalue weighted by Gasteiger charge is -2.08. The number of carboxylic acids is 1. The van der Waals surface area contributed by atoms with Crippen LogP contribution in [0.25, 0.3) is 0 Å². The lowest BCUT2D eigenvalue weighted by atomic mass is 10.4. The van der Waals surface area contributed by atoms with Gasteiger partial charge in [0, 0.05) is 11.4 Å². The van der Waals surface area contributed by atoms with Crippen molar-refractivity contribution in [2.45, 2.75) is 13.8 Å². The van der Waals surface area contributed by atoms with E-state index in [1.807, 2.05) is 0 Å². The lowest BCUT2D eigenvalue weighted by molar-refractivity contribution is -0.132. The summed E-state index contributed by atoms with van der Waals surface area (Å²) in [7, 11) is -4.33. The SMILES string of the molecule is CCOC(=O)NOP(=O)(O)C=C(C)C(=O)O. The van der Waals surface area contributed by atoms with Crippen LogP contribution in [0.1, 0.15) is 13.8 Å². The van der Waals surface area contributed by atoms with Gasteiger partial charge in [0.1, 0.15) is 0 Å². The molecule has 3 N–H and O–H groups in total. The van der Waals surface area contributed by atoms with Crippen LogP contribution < -0.4 is 5.48 Å². The molecule has 16 heavy (non-hydrogen) atoms. The highest BCUT2D eigenvalue weighted by Gasteiger charge is 2.20. The van der Waals surface area contributed by atoms with Gasteiger partial charge in [-0.05, 0) is 13.8 Å². The summed E-state index contributed by atoms with van der Waals surface area (Å²) in [6, 6.07) is 0. The van der Waals surface area contributed by atoms with E-state index >= 15 is 0 Å². The molecule has 9 heteroatoms. The van der Waals surface area contributed by atoms with E-state index in [2.05, 4.69) is 9.36 Å². The van der Waals surface area contributed by atoms with Gasteiger partial charge < -0.3 is 14.7 Å². The second kappa shape index (κ2) is 6.26. The minimum absolute atomic E-state index is 0.0644. The van der Waals surface area contributed by atoms with Crippen molar-refractivity contribution >= 4 is 19.7 Å². The summed E-state index contributed by atoms with van der Waals surface area (Å²) in [5, 5.41) is 8.44. The molecule has 1 amide bonds. The largest absolute Gasteiger partial charge is 0.478 e. The van der Waals surface area contributed by atoms with Gasteiger partial charge in [-0.15, -0.1) is 0 Å². The van der Waals surface area contributed by atoms with E-state index < -0.39 is 19.7 Å². The topological polar surface area (TPSA) is 122 Å². The van der Waals surface area contributed by atoms with Crippen molar-refractivity contribution in [3.8, 4) is 0 Å². The second-order valence-corrected chi connectivity index (χ2v) is 4.16. The molecule has 8 nitrogen and oxygen atoms in total. The van der Waals surface area contributed by atoms with Crippen LogP contribution in [0.15, 0.2) is 11.4 Å². The van der Waals surface area contributed by atoms with Crippen LogP contribution in [-0.4, -0.2) is 28.7 Å². The summed E-state index contributed by atoms with van der Waals surface area (Å²) in [5.41, 5.74) is 1.18. The average Bonchev–Trinajstić information content (AvgIpc) is 2.14. The molecule has 0 aliphatic heterocycles. The summed E-state index contributed by atoms with van der Waals surface area (Å²) in [4.78, 5) is 30.1. The highest BCUT2D eigenvalue weighted by molar-refractivity contribution is 7.56. The normalized spacial score (nSPS) is 15.1. The standard InChI is InChI=1S/C7H12NO7P/c1-3-14-7(11)8-15-16(12,13)4-5(2)6(9)10/h4H,3H2,1-2H3,(H,8,11)(H,9,10)(H,12,13). The van der Waals surface area contributed by atoms with Crippen molar-refractivity contribution in [1.82, 2.24) is 5.48 Å². The Morgan fingerprint density at radius 3 is 2.50 bits per heavy atom. The van der Waals surface area contributed by atoms with Gasteiger partial charge in [0.2, 0.25) is 0 Å². The summed E-state index contributed by atoms with van der Waals surface area (Å²) < 4.78 is 19.6. The van der Waals surface area contributed by atoms with Crippen molar-refractivity contribution in [3.05, 3.63) is 11.4 Å². The number of ether oxygens (including phenoxy) is 1. The maximum absolute atomic E-state index is 11.2. The fourth-order valence-corrected chi connectivity index (χ4v) is 1.45. The highest BCUT2D eigenvalue weighted by Crippen LogP contribution is 2.43. The van der Waals surface area contributed by atoms with Gasteiger partial charge in [0.05, 0.1) is 6.61 Å². The number of rotatable bonds is 5. The molecule has 1 unspecified atom stereocenters. The summed E-state index contributed by atoms with van der Waals surface area (Å²) >= 11 is 0. The molecular formula is C7H12NO7P. The van der Waals surface area contributed by atoms with Gasteiger partial charge in [-0.25, -0.2) is 9.59 Å². The number of hydrogen-bond donors (Lipinski definition) is 3. The maximum atomic E-state index is 11.2. The Bertz CT molecular complexity index is 351. The molecule has 1 atom stereocenters. The minimum atomic E-state index is -4.33. The third-order valence-electron chi connectivity index (χ3n) is 1.23. The van der Waals surface area contributed by atoms with Crippen LogP contribution in [0.4, 0.5) is 4.79 Å². The predicted molar refractivity (Wildman–Crippen MR) is 52.5 cm³/mol. The number of carboxylic acid groups (broad SMARTS) is 1. The second-order valence-electron chi connectivity index (χ2n) is 2.60. The average molecular weight is 253 g/mol. The molecule has 0 aliphatic rings. The zero-order chi connectivity index (χ0) is 12.8. The Hall–Kier alpha value is -1.37. The summed E-state index contributed by atoms with van der Waals surface area (Å²) in [6.45, 7) is 2.71. The van der Waals surface area contributed by atoms with Gasteiger partial charge in [0.25, 0.3) is 0 Å². The van der Waals surface area contributed by atoms with Gasteiger partial charge in [-0.2, -0.15) is 10.1 Å². The van der Waals surface area contributed by atoms with E-state index in [1.165, 1.54) is 6.92 Å². The molecule has 0 heterocycles. The smallest absolute Gasteiger partial charge is 0.431 e. The number of aliphatic carboxylic acids is 1. The molecule has 0 aliphatic carbocycles. The van der Waals surface area contributed by atoms with E-state index in [0.29, 0.717) is 5.82 Å². The van der Waals surface area contributed by atoms with Crippen molar-refractivity contribution in [3.63, 3.8) is 0 Å². The molecular weight excluding hydrogens is 241 g/mol. The summed E-state index contributed by atoms with van der Waals surface area (Å²) in [6.07, 6.45) is -1.04. The molecule has 92 valence electrons. The minimum Gasteiger partial charge on any atom is -0.478 e.